The van der Waals surface area contributed by atoms with Crippen LogP contribution in [0.1, 0.15) is 10.4 Å². The Hall–Kier alpha value is -2.21. The molecule has 1 aromatic carbocycles. The average Bonchev–Trinajstić information content (AvgIpc) is 2.89. The topological polar surface area (TPSA) is 56.5 Å². The number of methoxy groups -OCH3 is 1. The number of aromatic nitrogens is 3. The van der Waals surface area contributed by atoms with E-state index in [2.05, 4.69) is 30.9 Å². The molecule has 5 nitrogen and oxygen atoms in total. The number of carbonyl (C=O) groups is 1. The number of pyridine rings is 1. The third kappa shape index (κ3) is 2.18. The van der Waals surface area contributed by atoms with E-state index >= 15 is 0 Å². The molecule has 3 rings (SSSR count). The molecule has 6 heteroatoms. The number of halogens is 1. The van der Waals surface area contributed by atoms with E-state index in [1.807, 2.05) is 34.9 Å². The third-order valence-electron chi connectivity index (χ3n) is 2.93. The molecule has 0 saturated heterocycles. The maximum absolute atomic E-state index is 11.4. The summed E-state index contributed by atoms with van der Waals surface area (Å²) in [6, 6.07) is 10.9. The van der Waals surface area contributed by atoms with E-state index in [1.165, 1.54) is 7.11 Å². The lowest BCUT2D eigenvalue weighted by Crippen LogP contribution is -2.00. The largest absolute Gasteiger partial charge is 0.465 e. The number of hydrogen-bond acceptors (Lipinski definition) is 4. The Morgan fingerprint density at radius 3 is 2.60 bits per heavy atom. The van der Waals surface area contributed by atoms with E-state index in [0.717, 1.165) is 21.5 Å². The van der Waals surface area contributed by atoms with Gasteiger partial charge in [0.2, 0.25) is 0 Å². The second-order valence-corrected chi connectivity index (χ2v) is 5.08. The van der Waals surface area contributed by atoms with Crippen LogP contribution in [0.4, 0.5) is 0 Å². The molecule has 0 N–H and O–H groups in total. The molecule has 3 aromatic rings. The number of rotatable bonds is 2. The Labute approximate surface area is 123 Å². The van der Waals surface area contributed by atoms with Crippen molar-refractivity contribution in [1.82, 2.24) is 14.6 Å². The first kappa shape index (κ1) is 12.8. The number of ether oxygens (including phenoxy) is 1. The first-order valence-corrected chi connectivity index (χ1v) is 6.67. The van der Waals surface area contributed by atoms with E-state index < -0.39 is 0 Å². The van der Waals surface area contributed by atoms with Gasteiger partial charge in [0.05, 0.1) is 12.7 Å². The number of hydrogen-bond donors (Lipinski definition) is 0. The zero-order chi connectivity index (χ0) is 14.1. The van der Waals surface area contributed by atoms with E-state index in [9.17, 15) is 4.79 Å². The molecule has 0 radical (unpaired) electrons. The highest BCUT2D eigenvalue weighted by atomic mass is 79.9. The van der Waals surface area contributed by atoms with E-state index in [4.69, 9.17) is 0 Å². The molecule has 0 aliphatic rings. The predicted octanol–water partition coefficient (Wildman–Crippen LogP) is 2.95. The van der Waals surface area contributed by atoms with Crippen molar-refractivity contribution in [2.45, 2.75) is 0 Å². The Morgan fingerprint density at radius 1 is 1.15 bits per heavy atom. The molecule has 0 fully saturated rings. The molecule has 20 heavy (non-hydrogen) atoms. The van der Waals surface area contributed by atoms with Gasteiger partial charge in [0.25, 0.3) is 0 Å². The van der Waals surface area contributed by atoms with E-state index in [1.54, 1.807) is 12.1 Å². The van der Waals surface area contributed by atoms with Crippen molar-refractivity contribution in [1.29, 1.82) is 0 Å². The number of fused-ring (bicyclic) bond motifs is 1. The van der Waals surface area contributed by atoms with Crippen molar-refractivity contribution in [3.8, 4) is 11.4 Å². The summed E-state index contributed by atoms with van der Waals surface area (Å²) in [5.74, 6) is 0.364. The highest BCUT2D eigenvalue weighted by molar-refractivity contribution is 9.10. The van der Waals surface area contributed by atoms with Gasteiger partial charge in [-0.05, 0) is 40.2 Å². The fourth-order valence-electron chi connectivity index (χ4n) is 1.93. The maximum atomic E-state index is 11.4. The Balaban J connectivity index is 2.07. The van der Waals surface area contributed by atoms with Crippen LogP contribution in [0.15, 0.2) is 47.1 Å². The summed E-state index contributed by atoms with van der Waals surface area (Å²) in [4.78, 5) is 11.4. The third-order valence-corrected chi connectivity index (χ3v) is 3.40. The van der Waals surface area contributed by atoms with Gasteiger partial charge in [-0.1, -0.05) is 12.1 Å². The van der Waals surface area contributed by atoms with Crippen molar-refractivity contribution < 1.29 is 9.53 Å². The van der Waals surface area contributed by atoms with Crippen LogP contribution in [0.25, 0.3) is 17.0 Å². The molecule has 0 aliphatic carbocycles. The molecule has 0 spiro atoms. The van der Waals surface area contributed by atoms with Crippen LogP contribution in [0.3, 0.4) is 0 Å². The van der Waals surface area contributed by atoms with Crippen molar-refractivity contribution in [2.24, 2.45) is 0 Å². The molecule has 2 aromatic heterocycles. The summed E-state index contributed by atoms with van der Waals surface area (Å²) in [5, 5.41) is 8.29. The van der Waals surface area contributed by atoms with E-state index in [-0.39, 0.29) is 5.97 Å². The Morgan fingerprint density at radius 2 is 1.90 bits per heavy atom. The van der Waals surface area contributed by atoms with Crippen molar-refractivity contribution in [2.75, 3.05) is 7.11 Å². The van der Waals surface area contributed by atoms with Crippen LogP contribution in [0, 0.1) is 0 Å². The summed E-state index contributed by atoms with van der Waals surface area (Å²) in [6.07, 6.45) is 1.90. The van der Waals surface area contributed by atoms with Gasteiger partial charge in [-0.3, -0.25) is 4.40 Å². The molecule has 0 atom stereocenters. The molecule has 0 saturated carbocycles. The summed E-state index contributed by atoms with van der Waals surface area (Å²) < 4.78 is 7.50. The normalized spacial score (nSPS) is 10.7. The first-order valence-electron chi connectivity index (χ1n) is 5.88. The lowest BCUT2D eigenvalue weighted by Gasteiger charge is -2.02. The van der Waals surface area contributed by atoms with Crippen LogP contribution in [0.2, 0.25) is 0 Å². The van der Waals surface area contributed by atoms with Gasteiger partial charge in [0, 0.05) is 16.2 Å². The summed E-state index contributed by atoms with van der Waals surface area (Å²) in [6.45, 7) is 0. The summed E-state index contributed by atoms with van der Waals surface area (Å²) in [5.41, 5.74) is 2.15. The Bertz CT molecular complexity index is 781. The van der Waals surface area contributed by atoms with Gasteiger partial charge in [-0.25, -0.2) is 4.79 Å². The fraction of sp³-hybridized carbons (Fsp3) is 0.0714. The van der Waals surface area contributed by atoms with Gasteiger partial charge < -0.3 is 4.74 Å². The monoisotopic (exact) mass is 331 g/mol. The van der Waals surface area contributed by atoms with Crippen LogP contribution in [-0.2, 0) is 4.74 Å². The molecule has 100 valence electrons. The Kier molecular flexibility index (Phi) is 3.23. The van der Waals surface area contributed by atoms with Crippen LogP contribution in [0.5, 0.6) is 0 Å². The molecule has 0 unspecified atom stereocenters. The van der Waals surface area contributed by atoms with Gasteiger partial charge >= 0.3 is 5.97 Å². The zero-order valence-electron chi connectivity index (χ0n) is 10.6. The molecular formula is C14H10BrN3O2. The second-order valence-electron chi connectivity index (χ2n) is 4.17. The minimum Gasteiger partial charge on any atom is -0.465 e. The summed E-state index contributed by atoms with van der Waals surface area (Å²) >= 11 is 3.43. The van der Waals surface area contributed by atoms with Gasteiger partial charge in [-0.2, -0.15) is 0 Å². The maximum Gasteiger partial charge on any atom is 0.337 e. The van der Waals surface area contributed by atoms with Crippen LogP contribution < -0.4 is 0 Å². The van der Waals surface area contributed by atoms with Crippen LogP contribution >= 0.6 is 15.9 Å². The number of benzene rings is 1. The fourth-order valence-corrected chi connectivity index (χ4v) is 2.27. The zero-order valence-corrected chi connectivity index (χ0v) is 12.2. The average molecular weight is 332 g/mol. The minimum absolute atomic E-state index is 0.356. The highest BCUT2D eigenvalue weighted by Gasteiger charge is 2.10. The smallest absolute Gasteiger partial charge is 0.337 e. The number of carbonyl (C=O) groups excluding carboxylic acids is 1. The van der Waals surface area contributed by atoms with Crippen molar-refractivity contribution in [3.05, 3.63) is 52.6 Å². The second kappa shape index (κ2) is 5.05. The quantitative estimate of drug-likeness (QED) is 0.677. The predicted molar refractivity (Wildman–Crippen MR) is 77.5 cm³/mol. The number of nitrogens with zero attached hydrogens (tertiary/aromatic N) is 3. The molecular weight excluding hydrogens is 322 g/mol. The molecule has 0 aliphatic heterocycles. The van der Waals surface area contributed by atoms with Crippen molar-refractivity contribution in [3.63, 3.8) is 0 Å². The standard InChI is InChI=1S/C14H10BrN3O2/c1-20-14(19)10-4-2-9(3-5-10)13-17-16-12-7-6-11(15)8-18(12)13/h2-8H,1H3. The first-order chi connectivity index (χ1) is 9.69. The van der Waals surface area contributed by atoms with Crippen LogP contribution in [-0.4, -0.2) is 27.7 Å². The minimum atomic E-state index is -0.356. The van der Waals surface area contributed by atoms with Crippen molar-refractivity contribution >= 4 is 27.5 Å². The SMILES string of the molecule is COC(=O)c1ccc(-c2nnc3ccc(Br)cn23)cc1. The number of esters is 1. The van der Waals surface area contributed by atoms with Gasteiger partial charge in [-0.15, -0.1) is 10.2 Å². The highest BCUT2D eigenvalue weighted by Crippen LogP contribution is 2.21. The van der Waals surface area contributed by atoms with Gasteiger partial charge in [0.15, 0.2) is 11.5 Å². The summed E-state index contributed by atoms with van der Waals surface area (Å²) in [7, 11) is 1.36. The van der Waals surface area contributed by atoms with E-state index in [0.29, 0.717) is 5.56 Å². The van der Waals surface area contributed by atoms with Gasteiger partial charge in [0.1, 0.15) is 0 Å². The molecule has 0 bridgehead atoms. The molecule has 0 amide bonds. The lowest BCUT2D eigenvalue weighted by atomic mass is 10.1. The lowest BCUT2D eigenvalue weighted by molar-refractivity contribution is 0.0601. The molecule has 2 heterocycles.